The van der Waals surface area contributed by atoms with Crippen LogP contribution in [0, 0.1) is 5.92 Å². The molecule has 1 saturated heterocycles. The molecule has 4 heteroatoms. The second-order valence-corrected chi connectivity index (χ2v) is 4.73. The first-order valence-electron chi connectivity index (χ1n) is 6.34. The molecule has 1 fully saturated rings. The number of carbonyl (C=O) groups is 1. The van der Waals surface area contributed by atoms with Gasteiger partial charge in [-0.3, -0.25) is 9.69 Å². The number of nitrogens with zero attached hydrogens (tertiary/aromatic N) is 2. The van der Waals surface area contributed by atoms with E-state index in [1.807, 2.05) is 18.7 Å². The highest BCUT2D eigenvalue weighted by molar-refractivity contribution is 5.78. The molecular weight excluding hydrogens is 202 g/mol. The van der Waals surface area contributed by atoms with Gasteiger partial charge in [-0.15, -0.1) is 0 Å². The third-order valence-corrected chi connectivity index (χ3v) is 3.58. The molecule has 0 spiro atoms. The maximum Gasteiger partial charge on any atom is 0.236 e. The SMILES string of the molecule is CCN(CC)C(=O)CN1CCC(C)C(N)C1. The lowest BCUT2D eigenvalue weighted by Crippen LogP contribution is -2.50. The van der Waals surface area contributed by atoms with Crippen molar-refractivity contribution in [3.63, 3.8) is 0 Å². The molecule has 94 valence electrons. The number of hydrogen-bond donors (Lipinski definition) is 1. The van der Waals surface area contributed by atoms with Gasteiger partial charge in [0.1, 0.15) is 0 Å². The van der Waals surface area contributed by atoms with Crippen LogP contribution < -0.4 is 5.73 Å². The van der Waals surface area contributed by atoms with Crippen LogP contribution in [0.4, 0.5) is 0 Å². The minimum atomic E-state index is 0.221. The first-order chi connectivity index (χ1) is 7.58. The van der Waals surface area contributed by atoms with Crippen LogP contribution in [0.15, 0.2) is 0 Å². The number of carbonyl (C=O) groups excluding carboxylic acids is 1. The minimum absolute atomic E-state index is 0.221. The van der Waals surface area contributed by atoms with Crippen LogP contribution in [0.3, 0.4) is 0 Å². The van der Waals surface area contributed by atoms with E-state index in [0.29, 0.717) is 12.5 Å². The van der Waals surface area contributed by atoms with Crippen molar-refractivity contribution in [1.29, 1.82) is 0 Å². The van der Waals surface area contributed by atoms with Crippen LogP contribution in [-0.2, 0) is 4.79 Å². The Hall–Kier alpha value is -0.610. The highest BCUT2D eigenvalue weighted by Gasteiger charge is 2.25. The van der Waals surface area contributed by atoms with Gasteiger partial charge in [0.05, 0.1) is 6.54 Å². The van der Waals surface area contributed by atoms with Crippen LogP contribution >= 0.6 is 0 Å². The van der Waals surface area contributed by atoms with Gasteiger partial charge < -0.3 is 10.6 Å². The van der Waals surface area contributed by atoms with E-state index in [1.165, 1.54) is 0 Å². The molecule has 2 unspecified atom stereocenters. The smallest absolute Gasteiger partial charge is 0.236 e. The van der Waals surface area contributed by atoms with Gasteiger partial charge in [-0.1, -0.05) is 6.92 Å². The fourth-order valence-electron chi connectivity index (χ4n) is 2.18. The van der Waals surface area contributed by atoms with Crippen molar-refractivity contribution in [1.82, 2.24) is 9.80 Å². The van der Waals surface area contributed by atoms with Gasteiger partial charge in [-0.25, -0.2) is 0 Å². The summed E-state index contributed by atoms with van der Waals surface area (Å²) >= 11 is 0. The van der Waals surface area contributed by atoms with E-state index in [4.69, 9.17) is 5.73 Å². The molecule has 1 aliphatic rings. The fourth-order valence-corrected chi connectivity index (χ4v) is 2.18. The lowest BCUT2D eigenvalue weighted by Gasteiger charge is -2.35. The molecule has 1 aliphatic heterocycles. The lowest BCUT2D eigenvalue weighted by molar-refractivity contribution is -0.132. The molecule has 1 amide bonds. The van der Waals surface area contributed by atoms with Gasteiger partial charge in [-0.05, 0) is 32.7 Å². The first-order valence-corrected chi connectivity index (χ1v) is 6.34. The molecule has 1 rings (SSSR count). The molecule has 0 radical (unpaired) electrons. The summed E-state index contributed by atoms with van der Waals surface area (Å²) in [6.07, 6.45) is 1.10. The highest BCUT2D eigenvalue weighted by atomic mass is 16.2. The lowest BCUT2D eigenvalue weighted by atomic mass is 9.94. The Balaban J connectivity index is 2.40. The van der Waals surface area contributed by atoms with Crippen molar-refractivity contribution in [2.45, 2.75) is 33.2 Å². The Morgan fingerprint density at radius 3 is 2.56 bits per heavy atom. The average Bonchev–Trinajstić information content (AvgIpc) is 2.25. The molecule has 0 aromatic rings. The van der Waals surface area contributed by atoms with E-state index in [1.54, 1.807) is 0 Å². The topological polar surface area (TPSA) is 49.6 Å². The van der Waals surface area contributed by atoms with Crippen LogP contribution in [-0.4, -0.2) is 54.5 Å². The third-order valence-electron chi connectivity index (χ3n) is 3.58. The fraction of sp³-hybridized carbons (Fsp3) is 0.917. The number of hydrogen-bond acceptors (Lipinski definition) is 3. The summed E-state index contributed by atoms with van der Waals surface area (Å²) in [6.45, 7) is 10.2. The Kier molecular flexibility index (Phi) is 5.22. The number of likely N-dealkylation sites (tertiary alicyclic amines) is 1. The van der Waals surface area contributed by atoms with Crippen molar-refractivity contribution >= 4 is 5.91 Å². The Morgan fingerprint density at radius 2 is 2.06 bits per heavy atom. The minimum Gasteiger partial charge on any atom is -0.342 e. The summed E-state index contributed by atoms with van der Waals surface area (Å²) in [5, 5.41) is 0. The predicted molar refractivity (Wildman–Crippen MR) is 66.1 cm³/mol. The van der Waals surface area contributed by atoms with Gasteiger partial charge in [0.25, 0.3) is 0 Å². The van der Waals surface area contributed by atoms with E-state index in [2.05, 4.69) is 11.8 Å². The molecule has 1 heterocycles. The average molecular weight is 227 g/mol. The van der Waals surface area contributed by atoms with Gasteiger partial charge in [0.2, 0.25) is 5.91 Å². The van der Waals surface area contributed by atoms with Crippen LogP contribution in [0.1, 0.15) is 27.2 Å². The quantitative estimate of drug-likeness (QED) is 0.762. The molecule has 2 atom stereocenters. The van der Waals surface area contributed by atoms with E-state index in [0.717, 1.165) is 32.6 Å². The van der Waals surface area contributed by atoms with Crippen LogP contribution in [0.5, 0.6) is 0 Å². The maximum absolute atomic E-state index is 11.9. The molecule has 16 heavy (non-hydrogen) atoms. The van der Waals surface area contributed by atoms with E-state index < -0.39 is 0 Å². The second kappa shape index (κ2) is 6.21. The van der Waals surface area contributed by atoms with Crippen LogP contribution in [0.25, 0.3) is 0 Å². The summed E-state index contributed by atoms with van der Waals surface area (Å²) in [5.41, 5.74) is 6.02. The molecule has 2 N–H and O–H groups in total. The summed E-state index contributed by atoms with van der Waals surface area (Å²) in [4.78, 5) is 16.0. The molecule has 0 aliphatic carbocycles. The summed E-state index contributed by atoms with van der Waals surface area (Å²) in [7, 11) is 0. The molecule has 4 nitrogen and oxygen atoms in total. The van der Waals surface area contributed by atoms with Crippen LogP contribution in [0.2, 0.25) is 0 Å². The van der Waals surface area contributed by atoms with Crippen molar-refractivity contribution in [2.24, 2.45) is 11.7 Å². The molecular formula is C12H25N3O. The molecule has 0 bridgehead atoms. The van der Waals surface area contributed by atoms with Crippen molar-refractivity contribution in [2.75, 3.05) is 32.7 Å². The Labute approximate surface area is 98.8 Å². The normalized spacial score (nSPS) is 26.8. The number of nitrogens with two attached hydrogens (primary N) is 1. The predicted octanol–water partition coefficient (Wildman–Crippen LogP) is 0.524. The Bertz CT molecular complexity index is 228. The zero-order chi connectivity index (χ0) is 12.1. The maximum atomic E-state index is 11.9. The second-order valence-electron chi connectivity index (χ2n) is 4.73. The summed E-state index contributed by atoms with van der Waals surface area (Å²) in [6, 6.07) is 0.221. The van der Waals surface area contributed by atoms with Gasteiger partial charge in [0, 0.05) is 25.7 Å². The van der Waals surface area contributed by atoms with E-state index >= 15 is 0 Å². The van der Waals surface area contributed by atoms with Gasteiger partial charge in [0.15, 0.2) is 0 Å². The largest absolute Gasteiger partial charge is 0.342 e. The number of piperidine rings is 1. The molecule has 0 aromatic carbocycles. The van der Waals surface area contributed by atoms with Crippen molar-refractivity contribution < 1.29 is 4.79 Å². The zero-order valence-corrected chi connectivity index (χ0v) is 10.8. The number of amides is 1. The summed E-state index contributed by atoms with van der Waals surface area (Å²) < 4.78 is 0. The van der Waals surface area contributed by atoms with Gasteiger partial charge >= 0.3 is 0 Å². The van der Waals surface area contributed by atoms with E-state index in [-0.39, 0.29) is 11.9 Å². The highest BCUT2D eigenvalue weighted by Crippen LogP contribution is 2.15. The zero-order valence-electron chi connectivity index (χ0n) is 10.8. The number of likely N-dealkylation sites (N-methyl/N-ethyl adjacent to an activating group) is 1. The molecule has 0 aromatic heterocycles. The summed E-state index contributed by atoms with van der Waals surface area (Å²) in [5.74, 6) is 0.812. The standard InChI is InChI=1S/C12H25N3O/c1-4-15(5-2)12(16)9-14-7-6-10(3)11(13)8-14/h10-11H,4-9,13H2,1-3H3. The van der Waals surface area contributed by atoms with Crippen molar-refractivity contribution in [3.8, 4) is 0 Å². The first kappa shape index (κ1) is 13.5. The monoisotopic (exact) mass is 227 g/mol. The Morgan fingerprint density at radius 1 is 1.44 bits per heavy atom. The van der Waals surface area contributed by atoms with Gasteiger partial charge in [-0.2, -0.15) is 0 Å². The number of rotatable bonds is 4. The van der Waals surface area contributed by atoms with Crippen molar-refractivity contribution in [3.05, 3.63) is 0 Å². The van der Waals surface area contributed by atoms with E-state index in [9.17, 15) is 4.79 Å². The third kappa shape index (κ3) is 3.46. The molecule has 0 saturated carbocycles.